The predicted octanol–water partition coefficient (Wildman–Crippen LogP) is 4.64. The highest BCUT2D eigenvalue weighted by atomic mass is 16.7. The Kier molecular flexibility index (Phi) is 4.61. The lowest BCUT2D eigenvalue weighted by molar-refractivity contribution is -0.130. The third-order valence-corrected chi connectivity index (χ3v) is 3.51. The molecule has 0 atom stereocenters. The van der Waals surface area contributed by atoms with Crippen LogP contribution in [0.5, 0.6) is 11.5 Å². The zero-order chi connectivity index (χ0) is 17.8. The fraction of sp³-hybridized carbons (Fsp3) is 0.105. The van der Waals surface area contributed by atoms with E-state index in [1.54, 1.807) is 32.2 Å². The fourth-order valence-electron chi connectivity index (χ4n) is 2.16. The molecule has 3 aromatic rings. The van der Waals surface area contributed by atoms with E-state index in [2.05, 4.69) is 11.9 Å². The summed E-state index contributed by atoms with van der Waals surface area (Å²) in [5.41, 5.74) is 1.64. The van der Waals surface area contributed by atoms with E-state index in [4.69, 9.17) is 18.5 Å². The monoisotopic (exact) mass is 339 g/mol. The number of carbonyl (C=O) groups excluding carboxylic acids is 1. The Bertz CT molecular complexity index is 957. The number of hydrogen-bond acceptors (Lipinski definition) is 5. The fourth-order valence-corrected chi connectivity index (χ4v) is 2.16. The van der Waals surface area contributed by atoms with Gasteiger partial charge in [0.1, 0.15) is 11.5 Å². The van der Waals surface area contributed by atoms with Gasteiger partial charge in [0.05, 0.1) is 7.11 Å². The maximum Gasteiger partial charge on any atom is 0.338 e. The molecule has 1 heterocycles. The molecule has 0 bridgehead atoms. The second-order valence-electron chi connectivity index (χ2n) is 5.39. The van der Waals surface area contributed by atoms with Crippen molar-refractivity contribution in [2.24, 2.45) is 0 Å². The van der Waals surface area contributed by atoms with Gasteiger partial charge in [-0.25, -0.2) is 4.79 Å². The molecule has 25 heavy (non-hydrogen) atoms. The van der Waals surface area contributed by atoms with Crippen LogP contribution in [0.15, 0.2) is 69.7 Å². The zero-order valence-electron chi connectivity index (χ0n) is 13.9. The smallest absolute Gasteiger partial charge is 0.338 e. The number of aromatic nitrogens is 1. The second-order valence-corrected chi connectivity index (χ2v) is 5.39. The van der Waals surface area contributed by atoms with Crippen molar-refractivity contribution < 1.29 is 23.3 Å². The van der Waals surface area contributed by atoms with Gasteiger partial charge in [0, 0.05) is 22.6 Å². The molecule has 0 aliphatic rings. The summed E-state index contributed by atoms with van der Waals surface area (Å²) < 4.78 is 21.1. The maximum atomic E-state index is 11.6. The van der Waals surface area contributed by atoms with Crippen LogP contribution in [0.3, 0.4) is 0 Å². The summed E-state index contributed by atoms with van der Waals surface area (Å²) in [5, 5.41) is 3.20. The topological polar surface area (TPSA) is 77.6 Å². The third kappa shape index (κ3) is 3.74. The van der Waals surface area contributed by atoms with Crippen molar-refractivity contribution in [3.05, 3.63) is 60.7 Å². The van der Waals surface area contributed by atoms with Crippen LogP contribution in [0.25, 0.3) is 22.3 Å². The average molecular weight is 339 g/mol. The van der Waals surface area contributed by atoms with Gasteiger partial charge in [-0.2, -0.15) is 0 Å². The van der Waals surface area contributed by atoms with Crippen LogP contribution in [0.4, 0.5) is 0 Å². The molecule has 6 nitrogen and oxygen atoms in total. The minimum Gasteiger partial charge on any atom is -0.497 e. The van der Waals surface area contributed by atoms with Crippen molar-refractivity contribution in [2.45, 2.75) is 6.92 Å². The van der Waals surface area contributed by atoms with Crippen LogP contribution >= 0.6 is 0 Å². The number of ether oxygens (including phenoxy) is 2. The van der Waals surface area contributed by atoms with E-state index >= 15 is 0 Å². The van der Waals surface area contributed by atoms with Gasteiger partial charge in [0.2, 0.25) is 0 Å². The molecule has 0 unspecified atom stereocenters. The lowest BCUT2D eigenvalue weighted by Crippen LogP contribution is -2.07. The molecule has 3 rings (SSSR count). The first-order valence-electron chi connectivity index (χ1n) is 7.53. The molecule has 0 fully saturated rings. The highest BCUT2D eigenvalue weighted by Gasteiger charge is 2.08. The second kappa shape index (κ2) is 7.00. The molecule has 0 aliphatic carbocycles. The molecule has 0 saturated carbocycles. The van der Waals surface area contributed by atoms with Crippen LogP contribution in [-0.4, -0.2) is 18.4 Å². The van der Waals surface area contributed by atoms with Gasteiger partial charge in [-0.1, -0.05) is 11.9 Å². The summed E-state index contributed by atoms with van der Waals surface area (Å²) in [6, 6.07) is 14.3. The molecule has 0 saturated heterocycles. The van der Waals surface area contributed by atoms with E-state index in [9.17, 15) is 4.79 Å². The van der Waals surface area contributed by atoms with E-state index in [0.29, 0.717) is 22.7 Å². The summed E-state index contributed by atoms with van der Waals surface area (Å²) in [6.07, 6.45) is 0. The molecular formula is C19H17NO5. The molecule has 1 N–H and O–H groups in total. The van der Waals surface area contributed by atoms with Crippen molar-refractivity contribution in [3.8, 4) is 22.8 Å². The number of carbonyl (C=O) groups is 1. The van der Waals surface area contributed by atoms with Crippen LogP contribution in [-0.2, 0) is 4.79 Å². The van der Waals surface area contributed by atoms with E-state index in [-0.39, 0.29) is 0 Å². The number of hydrogen-bond donors (Lipinski definition) is 1. The Morgan fingerprint density at radius 1 is 1.04 bits per heavy atom. The van der Waals surface area contributed by atoms with Crippen LogP contribution in [0.2, 0.25) is 0 Å². The van der Waals surface area contributed by atoms with Gasteiger partial charge in [-0.3, -0.25) is 0 Å². The van der Waals surface area contributed by atoms with Crippen molar-refractivity contribution in [1.82, 2.24) is 5.33 Å². The molecule has 6 heteroatoms. The molecule has 0 aliphatic heterocycles. The summed E-state index contributed by atoms with van der Waals surface area (Å²) in [7, 11) is 1.61. The average Bonchev–Trinajstić information content (AvgIpc) is 2.83. The first-order chi connectivity index (χ1) is 12.1. The lowest BCUT2D eigenvalue weighted by atomic mass is 10.1. The third-order valence-electron chi connectivity index (χ3n) is 3.51. The normalized spacial score (nSPS) is 10.3. The first-order valence-corrected chi connectivity index (χ1v) is 7.53. The predicted molar refractivity (Wildman–Crippen MR) is 92.9 cm³/mol. The van der Waals surface area contributed by atoms with Crippen molar-refractivity contribution in [2.75, 3.05) is 7.11 Å². The van der Waals surface area contributed by atoms with E-state index in [0.717, 1.165) is 16.7 Å². The van der Waals surface area contributed by atoms with Gasteiger partial charge in [-0.15, -0.1) is 0 Å². The number of nitrogens with one attached hydrogen (secondary N) is 1. The number of H-pyrrole nitrogens is 1. The van der Waals surface area contributed by atoms with E-state index in [1.165, 1.54) is 0 Å². The Morgan fingerprint density at radius 2 is 1.76 bits per heavy atom. The summed E-state index contributed by atoms with van der Waals surface area (Å²) in [5.74, 6) is 1.20. The highest BCUT2D eigenvalue weighted by molar-refractivity contribution is 5.89. The largest absolute Gasteiger partial charge is 0.497 e. The molecule has 0 amide bonds. The van der Waals surface area contributed by atoms with Crippen molar-refractivity contribution in [1.29, 1.82) is 0 Å². The Hall–Kier alpha value is -3.41. The van der Waals surface area contributed by atoms with Gasteiger partial charge < -0.3 is 18.5 Å². The molecule has 0 spiro atoms. The summed E-state index contributed by atoms with van der Waals surface area (Å²) in [4.78, 5) is 11.6. The van der Waals surface area contributed by atoms with Crippen LogP contribution in [0.1, 0.15) is 6.92 Å². The quantitative estimate of drug-likeness (QED) is 0.426. The van der Waals surface area contributed by atoms with Crippen molar-refractivity contribution >= 4 is 16.9 Å². The van der Waals surface area contributed by atoms with Crippen molar-refractivity contribution in [3.63, 3.8) is 0 Å². The van der Waals surface area contributed by atoms with Gasteiger partial charge in [0.15, 0.2) is 11.3 Å². The van der Waals surface area contributed by atoms with Crippen LogP contribution < -0.4 is 9.47 Å². The Morgan fingerprint density at radius 3 is 2.44 bits per heavy atom. The molecular weight excluding hydrogens is 322 g/mol. The molecule has 2 aromatic carbocycles. The van der Waals surface area contributed by atoms with Gasteiger partial charge in [0.25, 0.3) is 0 Å². The van der Waals surface area contributed by atoms with Gasteiger partial charge >= 0.3 is 5.97 Å². The number of benzene rings is 2. The maximum absolute atomic E-state index is 11.6. The number of esters is 1. The van der Waals surface area contributed by atoms with Crippen LogP contribution in [0, 0.1) is 0 Å². The number of methoxy groups -OCH3 is 1. The zero-order valence-corrected chi connectivity index (χ0v) is 13.9. The number of fused-ring (bicyclic) bond motifs is 1. The van der Waals surface area contributed by atoms with Gasteiger partial charge in [-0.05, 0) is 49.4 Å². The summed E-state index contributed by atoms with van der Waals surface area (Å²) >= 11 is 0. The molecule has 128 valence electrons. The summed E-state index contributed by atoms with van der Waals surface area (Å²) in [6.45, 7) is 5.14. The molecule has 1 aromatic heterocycles. The highest BCUT2D eigenvalue weighted by Crippen LogP contribution is 2.26. The first kappa shape index (κ1) is 16.4. The SMILES string of the molecule is C=C(C)C(=O)Oc1ccc2cc(-c3ccc(OC)cc3)o[nH]oc2c1. The number of aromatic amines is 1. The van der Waals surface area contributed by atoms with E-state index in [1.807, 2.05) is 30.3 Å². The molecule has 0 radical (unpaired) electrons. The minimum absolute atomic E-state index is 0.319. The standard InChI is InChI=1S/C19H17NO5/c1-12(2)19(21)23-16-9-6-14-10-17(24-20-25-18(14)11-16)13-4-7-15(22-3)8-5-13/h4-11,20H,1H2,2-3H3. The Labute approximate surface area is 143 Å². The van der Waals surface area contributed by atoms with E-state index < -0.39 is 5.97 Å². The lowest BCUT2D eigenvalue weighted by Gasteiger charge is -2.03. The number of rotatable bonds is 4. The Balaban J connectivity index is 1.98. The minimum atomic E-state index is -0.493.